The number of benzene rings is 1. The van der Waals surface area contributed by atoms with E-state index in [0.29, 0.717) is 11.7 Å². The number of pyridine rings is 1. The highest BCUT2D eigenvalue weighted by atomic mass is 16.6. The lowest BCUT2D eigenvalue weighted by Gasteiger charge is -2.19. The van der Waals surface area contributed by atoms with Gasteiger partial charge in [-0.15, -0.1) is 0 Å². The summed E-state index contributed by atoms with van der Waals surface area (Å²) in [6, 6.07) is 13.6. The van der Waals surface area contributed by atoms with E-state index in [1.54, 1.807) is 6.07 Å². The minimum Gasteiger partial charge on any atom is -0.363 e. The van der Waals surface area contributed by atoms with Crippen LogP contribution in [0.25, 0.3) is 0 Å². The Morgan fingerprint density at radius 3 is 2.50 bits per heavy atom. The summed E-state index contributed by atoms with van der Waals surface area (Å²) >= 11 is 0. The third-order valence-electron chi connectivity index (χ3n) is 3.51. The van der Waals surface area contributed by atoms with Crippen LogP contribution in [-0.4, -0.2) is 9.91 Å². The molecule has 1 fully saturated rings. The van der Waals surface area contributed by atoms with E-state index >= 15 is 0 Å². The topological polar surface area (TPSA) is 68.1 Å². The van der Waals surface area contributed by atoms with Crippen molar-refractivity contribution in [2.24, 2.45) is 5.92 Å². The second-order valence-electron chi connectivity index (χ2n) is 5.03. The zero-order valence-corrected chi connectivity index (χ0v) is 10.9. The van der Waals surface area contributed by atoms with Gasteiger partial charge in [-0.1, -0.05) is 30.3 Å². The van der Waals surface area contributed by atoms with Gasteiger partial charge in [-0.3, -0.25) is 10.1 Å². The van der Waals surface area contributed by atoms with Crippen LogP contribution in [0.15, 0.2) is 48.7 Å². The summed E-state index contributed by atoms with van der Waals surface area (Å²) in [4.78, 5) is 14.3. The van der Waals surface area contributed by atoms with Crippen molar-refractivity contribution in [1.29, 1.82) is 0 Å². The lowest BCUT2D eigenvalue weighted by atomic mass is 10.0. The molecule has 0 aliphatic heterocycles. The van der Waals surface area contributed by atoms with Crippen LogP contribution in [0, 0.1) is 16.0 Å². The van der Waals surface area contributed by atoms with Crippen LogP contribution in [0.4, 0.5) is 11.5 Å². The number of nitrogens with zero attached hydrogens (tertiary/aromatic N) is 2. The summed E-state index contributed by atoms with van der Waals surface area (Å²) in [7, 11) is 0. The third kappa shape index (κ3) is 2.77. The van der Waals surface area contributed by atoms with E-state index in [2.05, 4.69) is 22.4 Å². The Bertz CT molecular complexity index is 594. The van der Waals surface area contributed by atoms with Crippen LogP contribution in [0.1, 0.15) is 24.4 Å². The highest BCUT2D eigenvalue weighted by molar-refractivity contribution is 5.43. The third-order valence-corrected chi connectivity index (χ3v) is 3.51. The summed E-state index contributed by atoms with van der Waals surface area (Å²) in [6.45, 7) is 0. The normalized spacial score (nSPS) is 15.6. The van der Waals surface area contributed by atoms with Gasteiger partial charge in [-0.2, -0.15) is 0 Å². The van der Waals surface area contributed by atoms with Crippen molar-refractivity contribution < 1.29 is 4.92 Å². The predicted molar refractivity (Wildman–Crippen MR) is 76.4 cm³/mol. The molecule has 0 amide bonds. The van der Waals surface area contributed by atoms with Crippen LogP contribution in [0.3, 0.4) is 0 Å². The fourth-order valence-electron chi connectivity index (χ4n) is 2.30. The average molecular weight is 269 g/mol. The van der Waals surface area contributed by atoms with Gasteiger partial charge in [0.1, 0.15) is 12.0 Å². The quantitative estimate of drug-likeness (QED) is 0.665. The van der Waals surface area contributed by atoms with Crippen molar-refractivity contribution in [2.45, 2.75) is 18.9 Å². The van der Waals surface area contributed by atoms with E-state index < -0.39 is 4.92 Å². The van der Waals surface area contributed by atoms with Crippen molar-refractivity contribution in [2.75, 3.05) is 5.32 Å². The number of nitrogens with one attached hydrogen (secondary N) is 1. The second kappa shape index (κ2) is 5.28. The van der Waals surface area contributed by atoms with Gasteiger partial charge in [0.25, 0.3) is 5.69 Å². The molecule has 1 aliphatic carbocycles. The minimum atomic E-state index is -0.438. The molecule has 1 aliphatic rings. The SMILES string of the molecule is O=[N+]([O-])c1ccc(N[C@H](c2ccccc2)C2CC2)nc1. The lowest BCUT2D eigenvalue weighted by molar-refractivity contribution is -0.385. The van der Waals surface area contributed by atoms with Crippen molar-refractivity contribution in [1.82, 2.24) is 4.98 Å². The Balaban J connectivity index is 1.78. The van der Waals surface area contributed by atoms with Crippen LogP contribution < -0.4 is 5.32 Å². The van der Waals surface area contributed by atoms with Gasteiger partial charge in [0, 0.05) is 6.07 Å². The van der Waals surface area contributed by atoms with Crippen LogP contribution in [0.5, 0.6) is 0 Å². The Morgan fingerprint density at radius 1 is 1.20 bits per heavy atom. The van der Waals surface area contributed by atoms with Gasteiger partial charge in [0.15, 0.2) is 0 Å². The standard InChI is InChI=1S/C15H15N3O2/c19-18(20)13-8-9-14(16-10-13)17-15(12-6-7-12)11-4-2-1-3-5-11/h1-5,8-10,12,15H,6-7H2,(H,16,17)/t15-/m1/s1. The first-order valence-corrected chi connectivity index (χ1v) is 6.66. The molecule has 0 unspecified atom stereocenters. The zero-order chi connectivity index (χ0) is 13.9. The first-order valence-electron chi connectivity index (χ1n) is 6.66. The Hall–Kier alpha value is -2.43. The van der Waals surface area contributed by atoms with Crippen molar-refractivity contribution in [3.63, 3.8) is 0 Å². The number of hydrogen-bond acceptors (Lipinski definition) is 4. The number of rotatable bonds is 5. The summed E-state index contributed by atoms with van der Waals surface area (Å²) in [5.74, 6) is 1.30. The van der Waals surface area contributed by atoms with Gasteiger partial charge in [0.2, 0.25) is 0 Å². The fraction of sp³-hybridized carbons (Fsp3) is 0.267. The summed E-state index contributed by atoms with van der Waals surface area (Å²) in [5.41, 5.74) is 1.24. The summed E-state index contributed by atoms with van der Waals surface area (Å²) in [6.07, 6.45) is 3.70. The smallest absolute Gasteiger partial charge is 0.287 e. The van der Waals surface area contributed by atoms with E-state index in [-0.39, 0.29) is 11.7 Å². The van der Waals surface area contributed by atoms with E-state index in [1.807, 2.05) is 18.2 Å². The molecular formula is C15H15N3O2. The number of nitro groups is 1. The van der Waals surface area contributed by atoms with Crippen molar-refractivity contribution >= 4 is 11.5 Å². The fourth-order valence-corrected chi connectivity index (χ4v) is 2.30. The molecule has 0 spiro atoms. The van der Waals surface area contributed by atoms with Gasteiger partial charge in [0.05, 0.1) is 11.0 Å². The maximum Gasteiger partial charge on any atom is 0.287 e. The highest BCUT2D eigenvalue weighted by Crippen LogP contribution is 2.42. The van der Waals surface area contributed by atoms with Crippen LogP contribution in [-0.2, 0) is 0 Å². The molecule has 1 aromatic heterocycles. The molecule has 1 saturated carbocycles. The Labute approximate surface area is 116 Å². The van der Waals surface area contributed by atoms with Crippen molar-refractivity contribution in [3.05, 3.63) is 64.3 Å². The molecule has 1 atom stereocenters. The molecular weight excluding hydrogens is 254 g/mol. The maximum absolute atomic E-state index is 10.6. The van der Waals surface area contributed by atoms with Crippen LogP contribution in [0.2, 0.25) is 0 Å². The van der Waals surface area contributed by atoms with E-state index in [4.69, 9.17) is 0 Å². The summed E-state index contributed by atoms with van der Waals surface area (Å²) < 4.78 is 0. The number of hydrogen-bond donors (Lipinski definition) is 1. The molecule has 5 nitrogen and oxygen atoms in total. The Kier molecular flexibility index (Phi) is 3.33. The molecule has 20 heavy (non-hydrogen) atoms. The first kappa shape index (κ1) is 12.6. The summed E-state index contributed by atoms with van der Waals surface area (Å²) in [5, 5.41) is 14.0. The predicted octanol–water partition coefficient (Wildman–Crippen LogP) is 3.55. The number of aromatic nitrogens is 1. The van der Waals surface area contributed by atoms with Gasteiger partial charge >= 0.3 is 0 Å². The number of anilines is 1. The molecule has 1 aromatic carbocycles. The highest BCUT2D eigenvalue weighted by Gasteiger charge is 2.32. The lowest BCUT2D eigenvalue weighted by Crippen LogP contribution is -2.13. The van der Waals surface area contributed by atoms with Crippen LogP contribution >= 0.6 is 0 Å². The van der Waals surface area contributed by atoms with Gasteiger partial charge in [-0.05, 0) is 30.4 Å². The molecule has 5 heteroatoms. The molecule has 0 bridgehead atoms. The molecule has 0 radical (unpaired) electrons. The largest absolute Gasteiger partial charge is 0.363 e. The monoisotopic (exact) mass is 269 g/mol. The second-order valence-corrected chi connectivity index (χ2v) is 5.03. The van der Waals surface area contributed by atoms with Crippen molar-refractivity contribution in [3.8, 4) is 0 Å². The van der Waals surface area contributed by atoms with Gasteiger partial charge in [-0.25, -0.2) is 4.98 Å². The molecule has 1 N–H and O–H groups in total. The minimum absolute atomic E-state index is 0.0123. The molecule has 1 heterocycles. The van der Waals surface area contributed by atoms with Gasteiger partial charge < -0.3 is 5.32 Å². The molecule has 102 valence electrons. The molecule has 3 rings (SSSR count). The van der Waals surface area contributed by atoms with E-state index in [9.17, 15) is 10.1 Å². The van der Waals surface area contributed by atoms with E-state index in [0.717, 1.165) is 0 Å². The Morgan fingerprint density at radius 2 is 1.95 bits per heavy atom. The zero-order valence-electron chi connectivity index (χ0n) is 10.9. The first-order chi connectivity index (χ1) is 9.74. The molecule has 2 aromatic rings. The molecule has 0 saturated heterocycles. The maximum atomic E-state index is 10.6. The van der Waals surface area contributed by atoms with E-state index in [1.165, 1.54) is 30.7 Å². The average Bonchev–Trinajstić information content (AvgIpc) is 3.31.